The van der Waals surface area contributed by atoms with E-state index in [4.69, 9.17) is 4.74 Å². The summed E-state index contributed by atoms with van der Waals surface area (Å²) in [6.45, 7) is 6.82. The van der Waals surface area contributed by atoms with E-state index in [1.54, 1.807) is 11.3 Å². The number of hydrogen-bond acceptors (Lipinski definition) is 4. The first-order chi connectivity index (χ1) is 8.24. The molecule has 0 saturated carbocycles. The van der Waals surface area contributed by atoms with Crippen LogP contribution in [0.1, 0.15) is 25.1 Å². The first-order valence-corrected chi connectivity index (χ1v) is 6.74. The highest BCUT2D eigenvalue weighted by molar-refractivity contribution is 7.10. The van der Waals surface area contributed by atoms with Crippen molar-refractivity contribution in [3.05, 3.63) is 16.3 Å². The van der Waals surface area contributed by atoms with Crippen molar-refractivity contribution in [1.29, 1.82) is 0 Å². The van der Waals surface area contributed by atoms with E-state index in [0.29, 0.717) is 0 Å². The van der Waals surface area contributed by atoms with Crippen LogP contribution in [0.5, 0.6) is 0 Å². The Morgan fingerprint density at radius 3 is 3.06 bits per heavy atom. The van der Waals surface area contributed by atoms with Crippen LogP contribution in [0.15, 0.2) is 11.4 Å². The number of amides is 1. The molecule has 1 heterocycles. The minimum absolute atomic E-state index is 0.0269. The largest absolute Gasteiger partial charge is 0.382 e. The molecule has 5 heteroatoms. The van der Waals surface area contributed by atoms with E-state index in [9.17, 15) is 4.79 Å². The minimum Gasteiger partial charge on any atom is -0.382 e. The minimum atomic E-state index is -0.0269. The molecule has 0 aliphatic carbocycles. The summed E-state index contributed by atoms with van der Waals surface area (Å²) in [5.41, 5.74) is 0.916. The Hall–Kier alpha value is -0.910. The highest BCUT2D eigenvalue weighted by Gasteiger charge is 2.04. The molecule has 0 spiro atoms. The highest BCUT2D eigenvalue weighted by atomic mass is 32.1. The standard InChI is InChI=1S/C12H20N2O2S/c1-3-16-7-4-6-13-9-12-11(5-8-17-12)14-10(2)15/h5,8,13H,3-4,6-7,9H2,1-2H3,(H,14,15). The summed E-state index contributed by atoms with van der Waals surface area (Å²) in [5, 5.41) is 8.15. The zero-order valence-electron chi connectivity index (χ0n) is 10.4. The van der Waals surface area contributed by atoms with E-state index in [1.807, 2.05) is 18.4 Å². The zero-order valence-corrected chi connectivity index (χ0v) is 11.2. The van der Waals surface area contributed by atoms with Crippen molar-refractivity contribution in [2.45, 2.75) is 26.8 Å². The highest BCUT2D eigenvalue weighted by Crippen LogP contribution is 2.21. The molecule has 0 aliphatic heterocycles. The Labute approximate surface area is 106 Å². The average molecular weight is 256 g/mol. The fourth-order valence-electron chi connectivity index (χ4n) is 1.42. The van der Waals surface area contributed by atoms with E-state index < -0.39 is 0 Å². The average Bonchev–Trinajstić information content (AvgIpc) is 2.70. The summed E-state index contributed by atoms with van der Waals surface area (Å²) in [4.78, 5) is 12.1. The maximum absolute atomic E-state index is 11.0. The van der Waals surface area contributed by atoms with Crippen LogP contribution in [-0.2, 0) is 16.1 Å². The van der Waals surface area contributed by atoms with Gasteiger partial charge >= 0.3 is 0 Å². The SMILES string of the molecule is CCOCCCNCc1sccc1NC(C)=O. The van der Waals surface area contributed by atoms with Crippen LogP contribution < -0.4 is 10.6 Å². The number of nitrogens with one attached hydrogen (secondary N) is 2. The third kappa shape index (κ3) is 5.81. The van der Waals surface area contributed by atoms with Gasteiger partial charge in [-0.15, -0.1) is 11.3 Å². The Bertz CT molecular complexity index is 339. The van der Waals surface area contributed by atoms with Gasteiger partial charge < -0.3 is 15.4 Å². The lowest BCUT2D eigenvalue weighted by molar-refractivity contribution is -0.114. The van der Waals surface area contributed by atoms with E-state index in [-0.39, 0.29) is 5.91 Å². The van der Waals surface area contributed by atoms with Crippen LogP contribution in [0, 0.1) is 0 Å². The zero-order chi connectivity index (χ0) is 12.5. The van der Waals surface area contributed by atoms with Gasteiger partial charge in [0.2, 0.25) is 5.91 Å². The molecule has 1 aromatic heterocycles. The quantitative estimate of drug-likeness (QED) is 0.701. The molecule has 4 nitrogen and oxygen atoms in total. The second-order valence-corrected chi connectivity index (χ2v) is 4.67. The molecule has 0 unspecified atom stereocenters. The van der Waals surface area contributed by atoms with Crippen molar-refractivity contribution >= 4 is 22.9 Å². The Morgan fingerprint density at radius 1 is 1.53 bits per heavy atom. The second-order valence-electron chi connectivity index (χ2n) is 3.67. The molecule has 1 rings (SSSR count). The summed E-state index contributed by atoms with van der Waals surface area (Å²) in [6.07, 6.45) is 1.01. The first kappa shape index (κ1) is 14.2. The summed E-state index contributed by atoms with van der Waals surface area (Å²) >= 11 is 1.65. The molecule has 0 saturated heterocycles. The van der Waals surface area contributed by atoms with Gasteiger partial charge in [0.25, 0.3) is 0 Å². The number of thiophene rings is 1. The van der Waals surface area contributed by atoms with Gasteiger partial charge in [0, 0.05) is 31.6 Å². The summed E-state index contributed by atoms with van der Waals surface area (Å²) < 4.78 is 5.25. The lowest BCUT2D eigenvalue weighted by Gasteiger charge is -2.06. The molecule has 0 atom stereocenters. The van der Waals surface area contributed by atoms with E-state index in [2.05, 4.69) is 10.6 Å². The van der Waals surface area contributed by atoms with Crippen LogP contribution in [0.25, 0.3) is 0 Å². The van der Waals surface area contributed by atoms with Gasteiger partial charge in [-0.25, -0.2) is 0 Å². The molecule has 2 N–H and O–H groups in total. The lowest BCUT2D eigenvalue weighted by atomic mass is 10.3. The molecular formula is C12H20N2O2S. The van der Waals surface area contributed by atoms with Crippen LogP contribution in [0.3, 0.4) is 0 Å². The summed E-state index contributed by atoms with van der Waals surface area (Å²) in [7, 11) is 0. The molecular weight excluding hydrogens is 236 g/mol. The fourth-order valence-corrected chi connectivity index (χ4v) is 2.22. The van der Waals surface area contributed by atoms with Gasteiger partial charge in [0.15, 0.2) is 0 Å². The third-order valence-electron chi connectivity index (χ3n) is 2.19. The topological polar surface area (TPSA) is 50.4 Å². The monoisotopic (exact) mass is 256 g/mol. The number of ether oxygens (including phenoxy) is 1. The van der Waals surface area contributed by atoms with Crippen LogP contribution in [-0.4, -0.2) is 25.7 Å². The molecule has 17 heavy (non-hydrogen) atoms. The van der Waals surface area contributed by atoms with E-state index >= 15 is 0 Å². The number of rotatable bonds is 8. The van der Waals surface area contributed by atoms with Gasteiger partial charge in [-0.1, -0.05) is 0 Å². The van der Waals surface area contributed by atoms with Gasteiger partial charge in [0.05, 0.1) is 5.69 Å². The molecule has 0 aromatic carbocycles. The maximum atomic E-state index is 11.0. The number of hydrogen-bond donors (Lipinski definition) is 2. The molecule has 0 aliphatic rings. The van der Waals surface area contributed by atoms with Gasteiger partial charge in [-0.2, -0.15) is 0 Å². The Balaban J connectivity index is 2.22. The number of carbonyl (C=O) groups excluding carboxylic acids is 1. The van der Waals surface area contributed by atoms with Crippen LogP contribution >= 0.6 is 11.3 Å². The normalized spacial score (nSPS) is 10.5. The van der Waals surface area contributed by atoms with Crippen molar-refractivity contribution in [2.24, 2.45) is 0 Å². The van der Waals surface area contributed by atoms with Crippen molar-refractivity contribution in [2.75, 3.05) is 25.1 Å². The Morgan fingerprint density at radius 2 is 2.35 bits per heavy atom. The van der Waals surface area contributed by atoms with Crippen molar-refractivity contribution in [3.8, 4) is 0 Å². The van der Waals surface area contributed by atoms with E-state index in [0.717, 1.165) is 43.3 Å². The predicted molar refractivity (Wildman–Crippen MR) is 71.4 cm³/mol. The third-order valence-corrected chi connectivity index (χ3v) is 3.11. The van der Waals surface area contributed by atoms with Crippen molar-refractivity contribution in [3.63, 3.8) is 0 Å². The molecule has 0 fully saturated rings. The smallest absolute Gasteiger partial charge is 0.221 e. The second kappa shape index (κ2) is 8.22. The predicted octanol–water partition coefficient (Wildman–Crippen LogP) is 2.22. The molecule has 0 bridgehead atoms. The molecule has 1 aromatic rings. The van der Waals surface area contributed by atoms with Gasteiger partial charge in [0.1, 0.15) is 0 Å². The molecule has 96 valence electrons. The van der Waals surface area contributed by atoms with Crippen molar-refractivity contribution in [1.82, 2.24) is 5.32 Å². The van der Waals surface area contributed by atoms with Crippen LogP contribution in [0.4, 0.5) is 5.69 Å². The van der Waals surface area contributed by atoms with Gasteiger partial charge in [-0.05, 0) is 31.3 Å². The van der Waals surface area contributed by atoms with E-state index in [1.165, 1.54) is 6.92 Å². The first-order valence-electron chi connectivity index (χ1n) is 5.86. The summed E-state index contributed by atoms with van der Waals surface area (Å²) in [6, 6.07) is 1.93. The Kier molecular flexibility index (Phi) is 6.84. The van der Waals surface area contributed by atoms with Crippen LogP contribution in [0.2, 0.25) is 0 Å². The molecule has 0 radical (unpaired) electrons. The summed E-state index contributed by atoms with van der Waals surface area (Å²) in [5.74, 6) is -0.0269. The lowest BCUT2D eigenvalue weighted by Crippen LogP contribution is -2.17. The fraction of sp³-hybridized carbons (Fsp3) is 0.583. The van der Waals surface area contributed by atoms with Crippen molar-refractivity contribution < 1.29 is 9.53 Å². The number of carbonyl (C=O) groups is 1. The number of anilines is 1. The molecule has 1 amide bonds. The maximum Gasteiger partial charge on any atom is 0.221 e. The van der Waals surface area contributed by atoms with Gasteiger partial charge in [-0.3, -0.25) is 4.79 Å².